The Bertz CT molecular complexity index is 1030. The van der Waals surface area contributed by atoms with Gasteiger partial charge in [-0.2, -0.15) is 0 Å². The number of hydrogen-bond acceptors (Lipinski definition) is 8. The molecule has 2 aromatic carbocycles. The lowest BCUT2D eigenvalue weighted by Crippen LogP contribution is -2.20. The Morgan fingerprint density at radius 3 is 2.50 bits per heavy atom. The Morgan fingerprint density at radius 2 is 1.89 bits per heavy atom. The monoisotopic (exact) mass is 408 g/mol. The highest BCUT2D eigenvalue weighted by Crippen LogP contribution is 2.25. The molecule has 1 amide bonds. The Labute approximate surface area is 159 Å². The van der Waals surface area contributed by atoms with Gasteiger partial charge in [-0.3, -0.25) is 14.9 Å². The van der Waals surface area contributed by atoms with Crippen molar-refractivity contribution in [3.05, 3.63) is 63.7 Å². The van der Waals surface area contributed by atoms with E-state index >= 15 is 0 Å². The fourth-order valence-corrected chi connectivity index (χ4v) is 3.04. The SMILES string of the molecule is CS(=O)(=O)c1ccc(C(=O)OCc2cccc(OCC(N)=O)c2)cc1[N+](=O)[O-]. The zero-order chi connectivity index (χ0) is 20.9. The van der Waals surface area contributed by atoms with E-state index < -0.39 is 37.2 Å². The number of primary amides is 1. The second-order valence-corrected chi connectivity index (χ2v) is 7.67. The zero-order valence-corrected chi connectivity index (χ0v) is 15.5. The van der Waals surface area contributed by atoms with Gasteiger partial charge in [0, 0.05) is 12.3 Å². The summed E-state index contributed by atoms with van der Waals surface area (Å²) in [6.45, 7) is -0.478. The molecule has 0 saturated heterocycles. The first kappa shape index (κ1) is 20.8. The zero-order valence-electron chi connectivity index (χ0n) is 14.7. The molecule has 0 bridgehead atoms. The number of carbonyl (C=O) groups is 2. The van der Waals surface area contributed by atoms with Crippen molar-refractivity contribution in [3.63, 3.8) is 0 Å². The van der Waals surface area contributed by atoms with Gasteiger partial charge in [0.15, 0.2) is 16.4 Å². The van der Waals surface area contributed by atoms with Gasteiger partial charge >= 0.3 is 5.97 Å². The van der Waals surface area contributed by atoms with Crippen LogP contribution in [0, 0.1) is 10.1 Å². The highest BCUT2D eigenvalue weighted by molar-refractivity contribution is 7.90. The van der Waals surface area contributed by atoms with Crippen molar-refractivity contribution in [1.82, 2.24) is 0 Å². The number of hydrogen-bond donors (Lipinski definition) is 1. The van der Waals surface area contributed by atoms with Crippen molar-refractivity contribution >= 4 is 27.4 Å². The maximum atomic E-state index is 12.2. The molecule has 0 heterocycles. The number of amides is 1. The van der Waals surface area contributed by atoms with E-state index in [4.69, 9.17) is 15.2 Å². The number of nitrogens with two attached hydrogens (primary N) is 1. The number of nitro groups is 1. The highest BCUT2D eigenvalue weighted by atomic mass is 32.2. The number of rotatable bonds is 8. The fourth-order valence-electron chi connectivity index (χ4n) is 2.21. The number of sulfone groups is 1. The average molecular weight is 408 g/mol. The van der Waals surface area contributed by atoms with Crippen molar-refractivity contribution < 1.29 is 32.4 Å². The fraction of sp³-hybridized carbons (Fsp3) is 0.176. The van der Waals surface area contributed by atoms with E-state index in [-0.39, 0.29) is 18.8 Å². The highest BCUT2D eigenvalue weighted by Gasteiger charge is 2.24. The molecule has 0 fully saturated rings. The smallest absolute Gasteiger partial charge is 0.338 e. The summed E-state index contributed by atoms with van der Waals surface area (Å²) in [4.78, 5) is 32.6. The molecule has 10 nitrogen and oxygen atoms in total. The molecule has 2 N–H and O–H groups in total. The van der Waals surface area contributed by atoms with Crippen molar-refractivity contribution in [2.24, 2.45) is 5.73 Å². The summed E-state index contributed by atoms with van der Waals surface area (Å²) in [5, 5.41) is 11.1. The minimum atomic E-state index is -3.83. The predicted octanol–water partition coefficient (Wildman–Crippen LogP) is 1.22. The van der Waals surface area contributed by atoms with Gasteiger partial charge in [0.25, 0.3) is 11.6 Å². The maximum Gasteiger partial charge on any atom is 0.338 e. The predicted molar refractivity (Wildman–Crippen MR) is 96.5 cm³/mol. The summed E-state index contributed by atoms with van der Waals surface area (Å²) in [7, 11) is -3.83. The molecule has 0 radical (unpaired) electrons. The summed E-state index contributed by atoms with van der Waals surface area (Å²) in [6.07, 6.45) is 0.834. The van der Waals surface area contributed by atoms with Crippen LogP contribution in [0.1, 0.15) is 15.9 Å². The summed E-state index contributed by atoms with van der Waals surface area (Å²) in [6, 6.07) is 9.35. The largest absolute Gasteiger partial charge is 0.484 e. The van der Waals surface area contributed by atoms with Gasteiger partial charge in [0.1, 0.15) is 17.3 Å². The molecular weight excluding hydrogens is 392 g/mol. The maximum absolute atomic E-state index is 12.2. The van der Waals surface area contributed by atoms with Crippen LogP contribution >= 0.6 is 0 Å². The molecule has 148 valence electrons. The molecule has 28 heavy (non-hydrogen) atoms. The van der Waals surface area contributed by atoms with E-state index in [9.17, 15) is 28.1 Å². The van der Waals surface area contributed by atoms with Gasteiger partial charge in [0.2, 0.25) is 0 Å². The quantitative estimate of drug-likeness (QED) is 0.388. The van der Waals surface area contributed by atoms with Gasteiger partial charge in [-0.1, -0.05) is 12.1 Å². The van der Waals surface area contributed by atoms with Gasteiger partial charge in [-0.25, -0.2) is 13.2 Å². The molecule has 0 atom stereocenters. The molecule has 0 aliphatic carbocycles. The third kappa shape index (κ3) is 5.51. The molecule has 2 aromatic rings. The molecule has 0 aliphatic heterocycles. The van der Waals surface area contributed by atoms with Crippen molar-refractivity contribution in [2.45, 2.75) is 11.5 Å². The van der Waals surface area contributed by atoms with Crippen molar-refractivity contribution in [2.75, 3.05) is 12.9 Å². The minimum Gasteiger partial charge on any atom is -0.484 e. The Balaban J connectivity index is 2.13. The number of esters is 1. The lowest BCUT2D eigenvalue weighted by Gasteiger charge is -2.08. The molecular formula is C17H16N2O8S. The van der Waals surface area contributed by atoms with Crippen LogP contribution in [0.25, 0.3) is 0 Å². The van der Waals surface area contributed by atoms with Crippen LogP contribution in [0.3, 0.4) is 0 Å². The number of benzene rings is 2. The van der Waals surface area contributed by atoms with Gasteiger partial charge in [0.05, 0.1) is 10.5 Å². The Kier molecular flexibility index (Phi) is 6.31. The second-order valence-electron chi connectivity index (χ2n) is 5.69. The Morgan fingerprint density at radius 1 is 1.18 bits per heavy atom. The van der Waals surface area contributed by atoms with E-state index in [1.807, 2.05) is 0 Å². The normalized spacial score (nSPS) is 10.9. The number of carbonyl (C=O) groups excluding carboxylic acids is 2. The van der Waals surface area contributed by atoms with Crippen molar-refractivity contribution in [3.8, 4) is 5.75 Å². The third-order valence-electron chi connectivity index (χ3n) is 3.44. The first-order chi connectivity index (χ1) is 13.1. The van der Waals surface area contributed by atoms with Crippen LogP contribution in [-0.2, 0) is 26.0 Å². The van der Waals surface area contributed by atoms with Crippen LogP contribution in [-0.4, -0.2) is 38.1 Å². The Hall–Kier alpha value is -3.47. The van der Waals surface area contributed by atoms with E-state index in [1.165, 1.54) is 6.07 Å². The number of nitrogens with zero attached hydrogens (tertiary/aromatic N) is 1. The number of ether oxygens (including phenoxy) is 2. The van der Waals surface area contributed by atoms with E-state index in [1.54, 1.807) is 18.2 Å². The van der Waals surface area contributed by atoms with Crippen LogP contribution in [0.15, 0.2) is 47.4 Å². The first-order valence-electron chi connectivity index (χ1n) is 7.73. The molecule has 0 aliphatic rings. The van der Waals surface area contributed by atoms with Crippen LogP contribution in [0.4, 0.5) is 5.69 Å². The molecule has 2 rings (SSSR count). The van der Waals surface area contributed by atoms with Gasteiger partial charge in [-0.05, 0) is 29.8 Å². The lowest BCUT2D eigenvalue weighted by molar-refractivity contribution is -0.387. The van der Waals surface area contributed by atoms with E-state index in [0.29, 0.717) is 11.3 Å². The number of nitro benzene ring substituents is 1. The topological polar surface area (TPSA) is 156 Å². The molecule has 0 spiro atoms. The summed E-state index contributed by atoms with van der Waals surface area (Å²) in [5.74, 6) is -1.16. The summed E-state index contributed by atoms with van der Waals surface area (Å²) < 4.78 is 33.5. The lowest BCUT2D eigenvalue weighted by atomic mass is 10.2. The molecule has 0 aromatic heterocycles. The summed E-state index contributed by atoms with van der Waals surface area (Å²) >= 11 is 0. The van der Waals surface area contributed by atoms with Crippen LogP contribution in [0.2, 0.25) is 0 Å². The van der Waals surface area contributed by atoms with Crippen LogP contribution < -0.4 is 10.5 Å². The minimum absolute atomic E-state index is 0.166. The average Bonchev–Trinajstić information content (AvgIpc) is 2.63. The second kappa shape index (κ2) is 8.48. The van der Waals surface area contributed by atoms with E-state index in [0.717, 1.165) is 24.5 Å². The van der Waals surface area contributed by atoms with E-state index in [2.05, 4.69) is 0 Å². The first-order valence-corrected chi connectivity index (χ1v) is 9.62. The van der Waals surface area contributed by atoms with Gasteiger partial charge in [-0.15, -0.1) is 0 Å². The molecule has 0 unspecified atom stereocenters. The van der Waals surface area contributed by atoms with Crippen LogP contribution in [0.5, 0.6) is 5.75 Å². The standard InChI is InChI=1S/C17H16N2O8S/c1-28(24,25)15-6-5-12(8-14(15)19(22)23)17(21)27-9-11-3-2-4-13(7-11)26-10-16(18)20/h2-8H,9-10H2,1H3,(H2,18,20). The summed E-state index contributed by atoms with van der Waals surface area (Å²) in [5.41, 5.74) is 4.66. The van der Waals surface area contributed by atoms with Crippen molar-refractivity contribution in [1.29, 1.82) is 0 Å². The van der Waals surface area contributed by atoms with Gasteiger partial charge < -0.3 is 15.2 Å². The molecule has 0 saturated carbocycles. The third-order valence-corrected chi connectivity index (χ3v) is 4.58. The molecule has 11 heteroatoms.